The molecule has 0 fully saturated rings. The molecule has 68 valence electrons. The molecule has 0 saturated carbocycles. The van der Waals surface area contributed by atoms with Crippen molar-refractivity contribution in [3.05, 3.63) is 0 Å². The molecule has 0 rings (SSSR count). The van der Waals surface area contributed by atoms with Crippen LogP contribution in [0, 0.1) is 5.41 Å². The first-order valence-corrected chi connectivity index (χ1v) is 3.70. The van der Waals surface area contributed by atoms with Crippen LogP contribution in [0.2, 0.25) is 0 Å². The number of nitrogens with two attached hydrogens (primary N) is 1. The molecule has 0 heterocycles. The third-order valence-corrected chi connectivity index (χ3v) is 0.705. The van der Waals surface area contributed by atoms with E-state index in [0.717, 1.165) is 0 Å². The van der Waals surface area contributed by atoms with Gasteiger partial charge in [-0.25, -0.2) is 0 Å². The number of nitrogens with one attached hydrogen (secondary N) is 1. The fraction of sp³-hybridized carbons (Fsp3) is 0.875. The average Bonchev–Trinajstić information content (AvgIpc) is 1.57. The fourth-order valence-electron chi connectivity index (χ4n) is 0.523. The summed E-state index contributed by atoms with van der Waals surface area (Å²) in [5, 5.41) is 2.75. The second-order valence-corrected chi connectivity index (χ2v) is 3.70. The van der Waals surface area contributed by atoms with Gasteiger partial charge < -0.3 is 11.1 Å². The molecule has 11 heavy (non-hydrogen) atoms. The van der Waals surface area contributed by atoms with E-state index in [-0.39, 0.29) is 11.3 Å². The summed E-state index contributed by atoms with van der Waals surface area (Å²) in [5.41, 5.74) is 4.99. The first kappa shape index (κ1) is 13.1. The van der Waals surface area contributed by atoms with Crippen LogP contribution in [-0.4, -0.2) is 20.0 Å². The molecule has 0 spiro atoms. The summed E-state index contributed by atoms with van der Waals surface area (Å²) in [6.07, 6.45) is 0.465. The van der Waals surface area contributed by atoms with Crippen molar-refractivity contribution in [3.8, 4) is 0 Å². The van der Waals surface area contributed by atoms with Gasteiger partial charge in [0, 0.05) is 6.42 Å². The molecule has 3 nitrogen and oxygen atoms in total. The first-order valence-electron chi connectivity index (χ1n) is 3.70. The Morgan fingerprint density at radius 2 is 1.64 bits per heavy atom. The van der Waals surface area contributed by atoms with Gasteiger partial charge in [0.15, 0.2) is 0 Å². The molecule has 0 radical (unpaired) electrons. The highest BCUT2D eigenvalue weighted by Gasteiger charge is 2.12. The zero-order valence-electron chi connectivity index (χ0n) is 8.19. The van der Waals surface area contributed by atoms with E-state index < -0.39 is 0 Å². The largest absolute Gasteiger partial charge is 0.370 e. The summed E-state index contributed by atoms with van der Waals surface area (Å²) in [6.45, 7) is 5.95. The molecule has 1 amide bonds. The highest BCUT2D eigenvalue weighted by Crippen LogP contribution is 2.16. The van der Waals surface area contributed by atoms with E-state index in [1.807, 2.05) is 34.9 Å². The minimum atomic E-state index is -0.225. The molecule has 0 aromatic carbocycles. The van der Waals surface area contributed by atoms with Crippen molar-refractivity contribution in [3.63, 3.8) is 0 Å². The van der Waals surface area contributed by atoms with Crippen molar-refractivity contribution in [2.24, 2.45) is 11.1 Å². The van der Waals surface area contributed by atoms with Crippen LogP contribution < -0.4 is 11.1 Å². The second kappa shape index (κ2) is 6.16. The summed E-state index contributed by atoms with van der Waals surface area (Å²) in [6, 6.07) is 0. The summed E-state index contributed by atoms with van der Waals surface area (Å²) in [4.78, 5) is 10.2. The Bertz CT molecular complexity index is 105. The van der Waals surface area contributed by atoms with E-state index in [0.29, 0.717) is 6.42 Å². The van der Waals surface area contributed by atoms with Crippen molar-refractivity contribution in [1.82, 2.24) is 5.32 Å². The van der Waals surface area contributed by atoms with Gasteiger partial charge in [0.2, 0.25) is 5.91 Å². The van der Waals surface area contributed by atoms with Gasteiger partial charge in [-0.2, -0.15) is 0 Å². The predicted molar refractivity (Wildman–Crippen MR) is 48.3 cm³/mol. The Kier molecular flexibility index (Phi) is 7.31. The molecule has 0 saturated heterocycles. The molecule has 0 aliphatic rings. The van der Waals surface area contributed by atoms with Crippen molar-refractivity contribution >= 4 is 5.91 Å². The average molecular weight is 160 g/mol. The second-order valence-electron chi connectivity index (χ2n) is 3.70. The van der Waals surface area contributed by atoms with E-state index in [2.05, 4.69) is 5.32 Å². The van der Waals surface area contributed by atoms with E-state index in [4.69, 9.17) is 5.73 Å². The normalized spacial score (nSPS) is 9.91. The van der Waals surface area contributed by atoms with Crippen LogP contribution in [0.4, 0.5) is 0 Å². The highest BCUT2D eigenvalue weighted by atomic mass is 16.1. The Labute approximate surface area is 69.4 Å². The quantitative estimate of drug-likeness (QED) is 0.594. The Morgan fingerprint density at radius 3 is 1.64 bits per heavy atom. The lowest BCUT2D eigenvalue weighted by Crippen LogP contribution is -2.19. The molecule has 0 bridgehead atoms. The van der Waals surface area contributed by atoms with Crippen molar-refractivity contribution in [1.29, 1.82) is 0 Å². The zero-order valence-corrected chi connectivity index (χ0v) is 8.19. The van der Waals surface area contributed by atoms with E-state index in [9.17, 15) is 4.79 Å². The molecule has 0 aliphatic carbocycles. The first-order chi connectivity index (χ1) is 4.83. The minimum absolute atomic E-state index is 0.0475. The van der Waals surface area contributed by atoms with Crippen LogP contribution in [0.3, 0.4) is 0 Å². The van der Waals surface area contributed by atoms with Gasteiger partial charge in [0.1, 0.15) is 0 Å². The number of primary amides is 1. The lowest BCUT2D eigenvalue weighted by Gasteiger charge is -2.13. The van der Waals surface area contributed by atoms with Crippen molar-refractivity contribution in [2.45, 2.75) is 27.2 Å². The highest BCUT2D eigenvalue weighted by molar-refractivity contribution is 5.74. The molecule has 0 unspecified atom stereocenters. The Hall–Kier alpha value is -0.570. The number of carbonyl (C=O) groups excluding carboxylic acids is 1. The Morgan fingerprint density at radius 1 is 1.36 bits per heavy atom. The van der Waals surface area contributed by atoms with Crippen LogP contribution in [-0.2, 0) is 4.79 Å². The summed E-state index contributed by atoms with van der Waals surface area (Å²) in [7, 11) is 3.75. The van der Waals surface area contributed by atoms with Crippen LogP contribution in [0.1, 0.15) is 27.2 Å². The van der Waals surface area contributed by atoms with Gasteiger partial charge in [0.25, 0.3) is 0 Å². The third-order valence-electron chi connectivity index (χ3n) is 0.705. The number of hydrogen-bond acceptors (Lipinski definition) is 2. The predicted octanol–water partition coefficient (Wildman–Crippen LogP) is 0.744. The van der Waals surface area contributed by atoms with Crippen molar-refractivity contribution < 1.29 is 4.79 Å². The lowest BCUT2D eigenvalue weighted by molar-refractivity contribution is -0.119. The van der Waals surface area contributed by atoms with Gasteiger partial charge in [-0.3, -0.25) is 4.79 Å². The van der Waals surface area contributed by atoms with E-state index in [1.54, 1.807) is 0 Å². The smallest absolute Gasteiger partial charge is 0.217 e. The van der Waals surface area contributed by atoms with Gasteiger partial charge in [-0.1, -0.05) is 20.8 Å². The molecule has 3 N–H and O–H groups in total. The van der Waals surface area contributed by atoms with E-state index in [1.165, 1.54) is 0 Å². The summed E-state index contributed by atoms with van der Waals surface area (Å²) >= 11 is 0. The van der Waals surface area contributed by atoms with Gasteiger partial charge >= 0.3 is 0 Å². The van der Waals surface area contributed by atoms with Gasteiger partial charge in [0.05, 0.1) is 0 Å². The molecule has 0 aromatic heterocycles. The number of hydrogen-bond donors (Lipinski definition) is 2. The monoisotopic (exact) mass is 160 g/mol. The molecule has 0 aliphatic heterocycles. The maximum absolute atomic E-state index is 10.2. The van der Waals surface area contributed by atoms with Crippen LogP contribution >= 0.6 is 0 Å². The maximum atomic E-state index is 10.2. The zero-order chi connectivity index (χ0) is 9.49. The lowest BCUT2D eigenvalue weighted by atomic mass is 9.92. The van der Waals surface area contributed by atoms with Crippen LogP contribution in [0.5, 0.6) is 0 Å². The van der Waals surface area contributed by atoms with Crippen LogP contribution in [0.25, 0.3) is 0 Å². The van der Waals surface area contributed by atoms with E-state index >= 15 is 0 Å². The summed E-state index contributed by atoms with van der Waals surface area (Å²) in [5.74, 6) is -0.225. The minimum Gasteiger partial charge on any atom is -0.370 e. The fourth-order valence-corrected chi connectivity index (χ4v) is 0.523. The number of amides is 1. The van der Waals surface area contributed by atoms with Gasteiger partial charge in [-0.05, 0) is 19.5 Å². The SMILES string of the molecule is CC(C)(C)CC(N)=O.CNC. The molecular formula is C8H20N2O. The van der Waals surface area contributed by atoms with Gasteiger partial charge in [-0.15, -0.1) is 0 Å². The third kappa shape index (κ3) is 26.5. The standard InChI is InChI=1S/C6H13NO.C2H7N/c1-6(2,3)4-5(7)8;1-3-2/h4H2,1-3H3,(H2,7,8);3H,1-2H3. The Balaban J connectivity index is 0. The summed E-state index contributed by atoms with van der Waals surface area (Å²) < 4.78 is 0. The molecular weight excluding hydrogens is 140 g/mol. The van der Waals surface area contributed by atoms with Crippen LogP contribution in [0.15, 0.2) is 0 Å². The maximum Gasteiger partial charge on any atom is 0.217 e. The topological polar surface area (TPSA) is 55.1 Å². The number of rotatable bonds is 1. The molecule has 0 aromatic rings. The van der Waals surface area contributed by atoms with Crippen molar-refractivity contribution in [2.75, 3.05) is 14.1 Å². The molecule has 3 heteroatoms. The molecule has 0 atom stereocenters. The number of carbonyl (C=O) groups is 1.